The SMILES string of the molecule is CC[C@@H]1C[C@H](OC)[C@H](OC)C1. The summed E-state index contributed by atoms with van der Waals surface area (Å²) >= 11 is 0. The predicted molar refractivity (Wildman–Crippen MR) is 44.6 cm³/mol. The molecular weight excluding hydrogens is 140 g/mol. The summed E-state index contributed by atoms with van der Waals surface area (Å²) in [6.07, 6.45) is 4.27. The normalized spacial score (nSPS) is 37.9. The zero-order valence-corrected chi connectivity index (χ0v) is 7.67. The Hall–Kier alpha value is -0.0800. The van der Waals surface area contributed by atoms with Crippen molar-refractivity contribution < 1.29 is 9.47 Å². The molecule has 0 radical (unpaired) electrons. The van der Waals surface area contributed by atoms with Gasteiger partial charge in [-0.3, -0.25) is 0 Å². The van der Waals surface area contributed by atoms with Crippen LogP contribution in [0.5, 0.6) is 0 Å². The topological polar surface area (TPSA) is 18.5 Å². The van der Waals surface area contributed by atoms with Gasteiger partial charge in [0.2, 0.25) is 0 Å². The first-order chi connectivity index (χ1) is 5.31. The van der Waals surface area contributed by atoms with Gasteiger partial charge < -0.3 is 9.47 Å². The minimum Gasteiger partial charge on any atom is -0.379 e. The van der Waals surface area contributed by atoms with Crippen molar-refractivity contribution in [3.63, 3.8) is 0 Å². The Morgan fingerprint density at radius 1 is 1.09 bits per heavy atom. The molecule has 2 nitrogen and oxygen atoms in total. The standard InChI is InChI=1S/C9H18O2/c1-4-7-5-8(10-2)9(6-7)11-3/h7-9H,4-6H2,1-3H3/t7-,8+,9-. The fourth-order valence-corrected chi connectivity index (χ4v) is 1.89. The lowest BCUT2D eigenvalue weighted by Gasteiger charge is -2.15. The summed E-state index contributed by atoms with van der Waals surface area (Å²) in [5.41, 5.74) is 0. The molecule has 0 heterocycles. The van der Waals surface area contributed by atoms with E-state index in [1.165, 1.54) is 19.3 Å². The second-order valence-corrected chi connectivity index (χ2v) is 3.29. The smallest absolute Gasteiger partial charge is 0.0835 e. The van der Waals surface area contributed by atoms with Gasteiger partial charge in [-0.2, -0.15) is 0 Å². The molecule has 1 rings (SSSR count). The summed E-state index contributed by atoms with van der Waals surface area (Å²) < 4.78 is 10.6. The van der Waals surface area contributed by atoms with Crippen LogP contribution in [0.2, 0.25) is 0 Å². The van der Waals surface area contributed by atoms with Crippen molar-refractivity contribution in [2.45, 2.75) is 38.4 Å². The van der Waals surface area contributed by atoms with Crippen molar-refractivity contribution in [1.82, 2.24) is 0 Å². The molecule has 2 heteroatoms. The van der Waals surface area contributed by atoms with Gasteiger partial charge in [0.1, 0.15) is 0 Å². The largest absolute Gasteiger partial charge is 0.379 e. The average Bonchev–Trinajstić information content (AvgIpc) is 2.46. The highest BCUT2D eigenvalue weighted by atomic mass is 16.5. The molecule has 0 spiro atoms. The summed E-state index contributed by atoms with van der Waals surface area (Å²) in [4.78, 5) is 0. The van der Waals surface area contributed by atoms with Gasteiger partial charge in [0, 0.05) is 14.2 Å². The van der Waals surface area contributed by atoms with Gasteiger partial charge in [-0.1, -0.05) is 13.3 Å². The van der Waals surface area contributed by atoms with Crippen LogP contribution in [0.15, 0.2) is 0 Å². The lowest BCUT2D eigenvalue weighted by atomic mass is 10.1. The quantitative estimate of drug-likeness (QED) is 0.624. The highest BCUT2D eigenvalue weighted by molar-refractivity contribution is 4.84. The Kier molecular flexibility index (Phi) is 3.34. The van der Waals surface area contributed by atoms with Crippen LogP contribution in [0.4, 0.5) is 0 Å². The Morgan fingerprint density at radius 3 is 1.82 bits per heavy atom. The lowest BCUT2D eigenvalue weighted by Crippen LogP contribution is -2.23. The molecule has 1 saturated carbocycles. The highest BCUT2D eigenvalue weighted by Crippen LogP contribution is 2.31. The highest BCUT2D eigenvalue weighted by Gasteiger charge is 2.33. The molecule has 0 unspecified atom stereocenters. The van der Waals surface area contributed by atoms with E-state index in [0.29, 0.717) is 12.2 Å². The molecular formula is C9H18O2. The Bertz CT molecular complexity index is 102. The van der Waals surface area contributed by atoms with E-state index in [9.17, 15) is 0 Å². The minimum atomic E-state index is 0.338. The monoisotopic (exact) mass is 158 g/mol. The second-order valence-electron chi connectivity index (χ2n) is 3.29. The summed E-state index contributed by atoms with van der Waals surface area (Å²) in [5, 5.41) is 0. The molecule has 0 aliphatic heterocycles. The van der Waals surface area contributed by atoms with Crippen LogP contribution in [0, 0.1) is 5.92 Å². The first kappa shape index (κ1) is 9.01. The van der Waals surface area contributed by atoms with Gasteiger partial charge in [-0.15, -0.1) is 0 Å². The van der Waals surface area contributed by atoms with E-state index in [4.69, 9.17) is 9.47 Å². The summed E-state index contributed by atoms with van der Waals surface area (Å²) in [5.74, 6) is 0.810. The van der Waals surface area contributed by atoms with Crippen LogP contribution in [0.25, 0.3) is 0 Å². The second kappa shape index (κ2) is 4.07. The molecule has 1 aliphatic rings. The predicted octanol–water partition coefficient (Wildman–Crippen LogP) is 1.84. The first-order valence-electron chi connectivity index (χ1n) is 4.37. The molecule has 1 aliphatic carbocycles. The van der Waals surface area contributed by atoms with Crippen molar-refractivity contribution in [1.29, 1.82) is 0 Å². The number of methoxy groups -OCH3 is 2. The number of hydrogen-bond donors (Lipinski definition) is 0. The van der Waals surface area contributed by atoms with Crippen LogP contribution >= 0.6 is 0 Å². The van der Waals surface area contributed by atoms with E-state index < -0.39 is 0 Å². The summed E-state index contributed by atoms with van der Waals surface area (Å²) in [7, 11) is 3.55. The number of hydrogen-bond acceptors (Lipinski definition) is 2. The molecule has 0 aromatic rings. The lowest BCUT2D eigenvalue weighted by molar-refractivity contribution is -0.0157. The van der Waals surface area contributed by atoms with E-state index in [1.807, 2.05) is 0 Å². The first-order valence-corrected chi connectivity index (χ1v) is 4.37. The maximum atomic E-state index is 5.32. The van der Waals surface area contributed by atoms with Gasteiger partial charge >= 0.3 is 0 Å². The Morgan fingerprint density at radius 2 is 1.55 bits per heavy atom. The van der Waals surface area contributed by atoms with Gasteiger partial charge in [0.25, 0.3) is 0 Å². The van der Waals surface area contributed by atoms with Crippen LogP contribution in [-0.2, 0) is 9.47 Å². The zero-order chi connectivity index (χ0) is 8.27. The third kappa shape index (κ3) is 1.94. The molecule has 1 fully saturated rings. The maximum Gasteiger partial charge on any atom is 0.0835 e. The van der Waals surface area contributed by atoms with E-state index >= 15 is 0 Å². The molecule has 0 amide bonds. The van der Waals surface area contributed by atoms with E-state index in [1.54, 1.807) is 14.2 Å². The van der Waals surface area contributed by atoms with Crippen molar-refractivity contribution >= 4 is 0 Å². The molecule has 0 aromatic heterocycles. The summed E-state index contributed by atoms with van der Waals surface area (Å²) in [6.45, 7) is 2.23. The Labute approximate surface area is 68.9 Å². The molecule has 0 bridgehead atoms. The van der Waals surface area contributed by atoms with Gasteiger partial charge in [0.05, 0.1) is 12.2 Å². The maximum absolute atomic E-state index is 5.32. The van der Waals surface area contributed by atoms with E-state index in [0.717, 1.165) is 5.92 Å². The average molecular weight is 158 g/mol. The molecule has 11 heavy (non-hydrogen) atoms. The van der Waals surface area contributed by atoms with Gasteiger partial charge in [-0.25, -0.2) is 0 Å². The van der Waals surface area contributed by atoms with E-state index in [-0.39, 0.29) is 0 Å². The van der Waals surface area contributed by atoms with E-state index in [2.05, 4.69) is 6.92 Å². The van der Waals surface area contributed by atoms with Crippen molar-refractivity contribution in [2.75, 3.05) is 14.2 Å². The molecule has 3 atom stereocenters. The minimum absolute atomic E-state index is 0.338. The number of ether oxygens (including phenoxy) is 2. The van der Waals surface area contributed by atoms with Crippen molar-refractivity contribution in [3.05, 3.63) is 0 Å². The van der Waals surface area contributed by atoms with Crippen LogP contribution < -0.4 is 0 Å². The van der Waals surface area contributed by atoms with Gasteiger partial charge in [0.15, 0.2) is 0 Å². The number of rotatable bonds is 3. The molecule has 0 N–H and O–H groups in total. The van der Waals surface area contributed by atoms with Crippen LogP contribution in [0.1, 0.15) is 26.2 Å². The molecule has 0 saturated heterocycles. The fourth-order valence-electron chi connectivity index (χ4n) is 1.89. The summed E-state index contributed by atoms with van der Waals surface area (Å²) in [6, 6.07) is 0. The third-order valence-electron chi connectivity index (χ3n) is 2.73. The van der Waals surface area contributed by atoms with Gasteiger partial charge in [-0.05, 0) is 18.8 Å². The van der Waals surface area contributed by atoms with Crippen LogP contribution in [-0.4, -0.2) is 26.4 Å². The fraction of sp³-hybridized carbons (Fsp3) is 1.00. The molecule has 0 aromatic carbocycles. The third-order valence-corrected chi connectivity index (χ3v) is 2.73. The van der Waals surface area contributed by atoms with Crippen molar-refractivity contribution in [3.8, 4) is 0 Å². The van der Waals surface area contributed by atoms with Crippen LogP contribution in [0.3, 0.4) is 0 Å². The Balaban J connectivity index is 2.41. The molecule has 66 valence electrons. The zero-order valence-electron chi connectivity index (χ0n) is 7.67. The van der Waals surface area contributed by atoms with Crippen molar-refractivity contribution in [2.24, 2.45) is 5.92 Å².